The maximum atomic E-state index is 5.54. The van der Waals surface area contributed by atoms with E-state index in [0.29, 0.717) is 19.1 Å². The Morgan fingerprint density at radius 2 is 1.88 bits per heavy atom. The lowest BCUT2D eigenvalue weighted by Gasteiger charge is -2.23. The standard InChI is InChI=1S/C14H21NO2/c1-12(13-6-4-3-5-7-13)10-15-11-14(2)16-8-9-17-14/h3-7,12,15H,8-11H2,1-2H3. The van der Waals surface area contributed by atoms with E-state index in [9.17, 15) is 0 Å². The van der Waals surface area contributed by atoms with Gasteiger partial charge in [-0.3, -0.25) is 0 Å². The Labute approximate surface area is 103 Å². The zero-order valence-electron chi connectivity index (χ0n) is 10.6. The molecule has 0 spiro atoms. The van der Waals surface area contributed by atoms with Crippen molar-refractivity contribution in [3.63, 3.8) is 0 Å². The quantitative estimate of drug-likeness (QED) is 0.848. The van der Waals surface area contributed by atoms with Crippen molar-refractivity contribution < 1.29 is 9.47 Å². The van der Waals surface area contributed by atoms with Gasteiger partial charge in [-0.15, -0.1) is 0 Å². The minimum absolute atomic E-state index is 0.434. The van der Waals surface area contributed by atoms with Gasteiger partial charge in [-0.2, -0.15) is 0 Å². The van der Waals surface area contributed by atoms with Crippen LogP contribution < -0.4 is 5.32 Å². The van der Waals surface area contributed by atoms with E-state index >= 15 is 0 Å². The van der Waals surface area contributed by atoms with Crippen LogP contribution in [0.1, 0.15) is 25.3 Å². The fourth-order valence-electron chi connectivity index (χ4n) is 2.07. The molecule has 1 fully saturated rings. The number of hydrogen-bond acceptors (Lipinski definition) is 3. The molecule has 3 nitrogen and oxygen atoms in total. The van der Waals surface area contributed by atoms with Crippen LogP contribution in [0.15, 0.2) is 30.3 Å². The van der Waals surface area contributed by atoms with Crippen LogP contribution in [-0.2, 0) is 9.47 Å². The van der Waals surface area contributed by atoms with Crippen LogP contribution in [0.3, 0.4) is 0 Å². The van der Waals surface area contributed by atoms with Crippen LogP contribution >= 0.6 is 0 Å². The van der Waals surface area contributed by atoms with E-state index in [4.69, 9.17) is 9.47 Å². The van der Waals surface area contributed by atoms with E-state index in [-0.39, 0.29) is 0 Å². The van der Waals surface area contributed by atoms with Crippen LogP contribution in [0.2, 0.25) is 0 Å². The fourth-order valence-corrected chi connectivity index (χ4v) is 2.07. The lowest BCUT2D eigenvalue weighted by Crippen LogP contribution is -2.40. The van der Waals surface area contributed by atoms with Crippen LogP contribution in [0.5, 0.6) is 0 Å². The molecule has 1 unspecified atom stereocenters. The molecular weight excluding hydrogens is 214 g/mol. The van der Waals surface area contributed by atoms with Gasteiger partial charge in [0.1, 0.15) is 0 Å². The summed E-state index contributed by atoms with van der Waals surface area (Å²) in [7, 11) is 0. The monoisotopic (exact) mass is 235 g/mol. The summed E-state index contributed by atoms with van der Waals surface area (Å²) in [4.78, 5) is 0. The van der Waals surface area contributed by atoms with Crippen molar-refractivity contribution in [1.82, 2.24) is 5.32 Å². The molecule has 3 heteroatoms. The zero-order valence-corrected chi connectivity index (χ0v) is 10.6. The fraction of sp³-hybridized carbons (Fsp3) is 0.571. The van der Waals surface area contributed by atoms with E-state index < -0.39 is 5.79 Å². The van der Waals surface area contributed by atoms with Crippen molar-refractivity contribution in [3.8, 4) is 0 Å². The van der Waals surface area contributed by atoms with Crippen molar-refractivity contribution in [2.75, 3.05) is 26.3 Å². The first-order valence-corrected chi connectivity index (χ1v) is 6.23. The first kappa shape index (κ1) is 12.6. The van der Waals surface area contributed by atoms with E-state index in [1.165, 1.54) is 5.56 Å². The molecule has 17 heavy (non-hydrogen) atoms. The average Bonchev–Trinajstić information content (AvgIpc) is 2.77. The molecule has 0 bridgehead atoms. The van der Waals surface area contributed by atoms with Crippen molar-refractivity contribution in [1.29, 1.82) is 0 Å². The molecule has 1 aliphatic rings. The maximum absolute atomic E-state index is 5.54. The van der Waals surface area contributed by atoms with Crippen LogP contribution in [0.25, 0.3) is 0 Å². The van der Waals surface area contributed by atoms with Crippen molar-refractivity contribution in [2.45, 2.75) is 25.6 Å². The molecule has 94 valence electrons. The zero-order chi connectivity index (χ0) is 12.1. The van der Waals surface area contributed by atoms with Crippen molar-refractivity contribution >= 4 is 0 Å². The Bertz CT molecular complexity index is 333. The Hall–Kier alpha value is -0.900. The van der Waals surface area contributed by atoms with Gasteiger partial charge in [0.15, 0.2) is 5.79 Å². The van der Waals surface area contributed by atoms with Gasteiger partial charge in [0.2, 0.25) is 0 Å². The predicted octanol–water partition coefficient (Wildman–Crippen LogP) is 2.14. The third-order valence-electron chi connectivity index (χ3n) is 3.16. The molecule has 1 aromatic carbocycles. The van der Waals surface area contributed by atoms with E-state index in [2.05, 4.69) is 36.5 Å². The SMILES string of the molecule is CC(CNCC1(C)OCCO1)c1ccccc1. The maximum Gasteiger partial charge on any atom is 0.178 e. The second-order valence-corrected chi connectivity index (χ2v) is 4.77. The van der Waals surface area contributed by atoms with Crippen LogP contribution in [0, 0.1) is 0 Å². The number of nitrogens with one attached hydrogen (secondary N) is 1. The Kier molecular flexibility index (Phi) is 4.15. The second-order valence-electron chi connectivity index (χ2n) is 4.77. The number of ether oxygens (including phenoxy) is 2. The topological polar surface area (TPSA) is 30.5 Å². The Morgan fingerprint density at radius 3 is 2.53 bits per heavy atom. The predicted molar refractivity (Wildman–Crippen MR) is 68.0 cm³/mol. The molecule has 0 aliphatic carbocycles. The second kappa shape index (κ2) is 5.63. The normalized spacial score (nSPS) is 20.4. The van der Waals surface area contributed by atoms with Crippen molar-refractivity contribution in [3.05, 3.63) is 35.9 Å². The molecule has 1 atom stereocenters. The van der Waals surface area contributed by atoms with Gasteiger partial charge in [0.25, 0.3) is 0 Å². The van der Waals surface area contributed by atoms with Crippen LogP contribution in [0.4, 0.5) is 0 Å². The van der Waals surface area contributed by atoms with Gasteiger partial charge >= 0.3 is 0 Å². The highest BCUT2D eigenvalue weighted by Gasteiger charge is 2.30. The summed E-state index contributed by atoms with van der Waals surface area (Å²) >= 11 is 0. The van der Waals surface area contributed by atoms with E-state index in [1.54, 1.807) is 0 Å². The molecule has 1 saturated heterocycles. The Morgan fingerprint density at radius 1 is 1.24 bits per heavy atom. The molecule has 1 aliphatic heterocycles. The highest BCUT2D eigenvalue weighted by atomic mass is 16.7. The molecule has 0 saturated carbocycles. The molecule has 0 radical (unpaired) electrons. The minimum Gasteiger partial charge on any atom is -0.347 e. The largest absolute Gasteiger partial charge is 0.347 e. The molecule has 2 rings (SSSR count). The number of hydrogen-bond donors (Lipinski definition) is 1. The van der Waals surface area contributed by atoms with Crippen molar-refractivity contribution in [2.24, 2.45) is 0 Å². The van der Waals surface area contributed by atoms with E-state index in [0.717, 1.165) is 13.1 Å². The smallest absolute Gasteiger partial charge is 0.178 e. The highest BCUT2D eigenvalue weighted by molar-refractivity contribution is 5.18. The molecule has 0 aromatic heterocycles. The summed E-state index contributed by atoms with van der Waals surface area (Å²) < 4.78 is 11.1. The summed E-state index contributed by atoms with van der Waals surface area (Å²) in [5, 5.41) is 3.42. The Balaban J connectivity index is 1.75. The van der Waals surface area contributed by atoms with Gasteiger partial charge in [-0.1, -0.05) is 37.3 Å². The highest BCUT2D eigenvalue weighted by Crippen LogP contribution is 2.18. The summed E-state index contributed by atoms with van der Waals surface area (Å²) in [5.74, 6) is 0.0670. The van der Waals surface area contributed by atoms with Crippen LogP contribution in [-0.4, -0.2) is 32.1 Å². The molecule has 0 amide bonds. The third-order valence-corrected chi connectivity index (χ3v) is 3.16. The first-order valence-electron chi connectivity index (χ1n) is 6.23. The van der Waals surface area contributed by atoms with Gasteiger partial charge < -0.3 is 14.8 Å². The van der Waals surface area contributed by atoms with Gasteiger partial charge in [-0.05, 0) is 18.4 Å². The molecule has 1 aromatic rings. The first-order chi connectivity index (χ1) is 8.20. The summed E-state index contributed by atoms with van der Waals surface area (Å²) in [6, 6.07) is 10.5. The van der Waals surface area contributed by atoms with Gasteiger partial charge in [-0.25, -0.2) is 0 Å². The number of benzene rings is 1. The molecular formula is C14H21NO2. The molecule has 1 heterocycles. The van der Waals surface area contributed by atoms with Gasteiger partial charge in [0.05, 0.1) is 13.2 Å². The third kappa shape index (κ3) is 3.53. The average molecular weight is 235 g/mol. The van der Waals surface area contributed by atoms with E-state index in [1.807, 2.05) is 13.0 Å². The summed E-state index contributed by atoms with van der Waals surface area (Å²) in [6.07, 6.45) is 0. The minimum atomic E-state index is -0.434. The molecule has 1 N–H and O–H groups in total. The summed E-state index contributed by atoms with van der Waals surface area (Å²) in [6.45, 7) is 7.29. The number of rotatable bonds is 5. The summed E-state index contributed by atoms with van der Waals surface area (Å²) in [5.41, 5.74) is 1.36. The lowest BCUT2D eigenvalue weighted by molar-refractivity contribution is -0.138. The van der Waals surface area contributed by atoms with Gasteiger partial charge in [0, 0.05) is 13.1 Å². The lowest BCUT2D eigenvalue weighted by atomic mass is 10.0.